The van der Waals surface area contributed by atoms with Crippen molar-refractivity contribution in [1.29, 1.82) is 0 Å². The van der Waals surface area contributed by atoms with Crippen molar-refractivity contribution in [2.24, 2.45) is 5.92 Å². The average molecular weight is 286 g/mol. The lowest BCUT2D eigenvalue weighted by Gasteiger charge is -2.32. The lowest BCUT2D eigenvalue weighted by atomic mass is 9.97. The van der Waals surface area contributed by atoms with Gasteiger partial charge in [-0.15, -0.1) is 11.8 Å². The van der Waals surface area contributed by atoms with Crippen LogP contribution in [0.5, 0.6) is 0 Å². The van der Waals surface area contributed by atoms with Gasteiger partial charge in [0, 0.05) is 24.4 Å². The highest BCUT2D eigenvalue weighted by molar-refractivity contribution is 8.01. The largest absolute Gasteiger partial charge is 0.356 e. The summed E-state index contributed by atoms with van der Waals surface area (Å²) in [4.78, 5) is 25.8. The van der Waals surface area contributed by atoms with E-state index in [-0.39, 0.29) is 22.5 Å². The molecule has 0 bridgehead atoms. The van der Waals surface area contributed by atoms with Gasteiger partial charge in [-0.05, 0) is 19.8 Å². The first-order chi connectivity index (χ1) is 8.83. The number of nitrogens with one attached hydrogen (secondary N) is 1. The van der Waals surface area contributed by atoms with Gasteiger partial charge < -0.3 is 10.2 Å². The molecule has 1 atom stereocenters. The number of hydrogen-bond acceptors (Lipinski definition) is 3. The van der Waals surface area contributed by atoms with Crippen molar-refractivity contribution in [1.82, 2.24) is 10.2 Å². The summed E-state index contributed by atoms with van der Waals surface area (Å²) >= 11 is 1.66. The van der Waals surface area contributed by atoms with Gasteiger partial charge in [-0.2, -0.15) is 0 Å². The van der Waals surface area contributed by atoms with Crippen LogP contribution in [0.2, 0.25) is 0 Å². The predicted octanol–water partition coefficient (Wildman–Crippen LogP) is 1.89. The van der Waals surface area contributed by atoms with E-state index in [9.17, 15) is 9.59 Å². The molecule has 1 aliphatic heterocycles. The van der Waals surface area contributed by atoms with E-state index in [0.717, 1.165) is 19.4 Å². The third-order valence-electron chi connectivity index (χ3n) is 3.12. The van der Waals surface area contributed by atoms with E-state index in [4.69, 9.17) is 0 Å². The maximum absolute atomic E-state index is 12.1. The maximum Gasteiger partial charge on any atom is 0.232 e. The molecule has 1 heterocycles. The van der Waals surface area contributed by atoms with Crippen LogP contribution in [-0.4, -0.2) is 46.8 Å². The van der Waals surface area contributed by atoms with Gasteiger partial charge in [-0.1, -0.05) is 20.8 Å². The van der Waals surface area contributed by atoms with Crippen molar-refractivity contribution in [2.75, 3.05) is 25.4 Å². The topological polar surface area (TPSA) is 49.4 Å². The second-order valence-corrected chi connectivity index (χ2v) is 7.78. The van der Waals surface area contributed by atoms with E-state index in [2.05, 4.69) is 26.1 Å². The Labute approximate surface area is 120 Å². The summed E-state index contributed by atoms with van der Waals surface area (Å²) in [6.45, 7) is 10.3. The quantitative estimate of drug-likeness (QED) is 0.858. The monoisotopic (exact) mass is 286 g/mol. The number of piperidine rings is 1. The summed E-state index contributed by atoms with van der Waals surface area (Å²) in [5, 5.41) is 2.85. The van der Waals surface area contributed by atoms with E-state index in [1.165, 1.54) is 0 Å². The van der Waals surface area contributed by atoms with Gasteiger partial charge in [0.1, 0.15) is 0 Å². The molecule has 1 saturated heterocycles. The molecule has 0 radical (unpaired) electrons. The number of carbonyl (C=O) groups is 2. The Hall–Kier alpha value is -0.710. The molecule has 0 aromatic heterocycles. The van der Waals surface area contributed by atoms with Crippen molar-refractivity contribution in [2.45, 2.75) is 45.3 Å². The van der Waals surface area contributed by atoms with Gasteiger partial charge in [-0.3, -0.25) is 9.59 Å². The minimum atomic E-state index is -0.0303. The molecule has 1 rings (SSSR count). The van der Waals surface area contributed by atoms with Crippen LogP contribution in [0, 0.1) is 5.92 Å². The van der Waals surface area contributed by atoms with Crippen molar-refractivity contribution >= 4 is 23.6 Å². The minimum Gasteiger partial charge on any atom is -0.356 e. The number of likely N-dealkylation sites (tertiary alicyclic amines) is 1. The molecular formula is C14H26N2O2S. The Morgan fingerprint density at radius 1 is 1.37 bits per heavy atom. The highest BCUT2D eigenvalue weighted by Gasteiger charge is 2.28. The summed E-state index contributed by atoms with van der Waals surface area (Å²) in [5.74, 6) is 0.723. The molecule has 0 aromatic carbocycles. The number of thioether (sulfide) groups is 1. The highest BCUT2D eigenvalue weighted by Crippen LogP contribution is 2.24. The van der Waals surface area contributed by atoms with E-state index < -0.39 is 0 Å². The zero-order valence-corrected chi connectivity index (χ0v) is 13.3. The lowest BCUT2D eigenvalue weighted by molar-refractivity contribution is -0.133. The zero-order valence-electron chi connectivity index (χ0n) is 12.5. The van der Waals surface area contributed by atoms with Crippen molar-refractivity contribution in [3.05, 3.63) is 0 Å². The Morgan fingerprint density at radius 2 is 2.05 bits per heavy atom. The molecule has 0 spiro atoms. The number of hydrogen-bond donors (Lipinski definition) is 1. The Morgan fingerprint density at radius 3 is 2.63 bits per heavy atom. The molecule has 110 valence electrons. The van der Waals surface area contributed by atoms with Crippen LogP contribution in [0.15, 0.2) is 0 Å². The molecule has 4 nitrogen and oxygen atoms in total. The molecule has 19 heavy (non-hydrogen) atoms. The number of carbonyl (C=O) groups excluding carboxylic acids is 2. The van der Waals surface area contributed by atoms with Crippen LogP contribution < -0.4 is 5.32 Å². The van der Waals surface area contributed by atoms with Gasteiger partial charge in [0.15, 0.2) is 0 Å². The summed E-state index contributed by atoms with van der Waals surface area (Å²) in [6, 6.07) is 0. The van der Waals surface area contributed by atoms with Crippen LogP contribution in [0.1, 0.15) is 40.5 Å². The standard InChI is InChI=1S/C14H26N2O2S/c1-5-15-13(18)11-7-6-8-16(9-11)12(17)10-19-14(2,3)4/h11H,5-10H2,1-4H3,(H,15,18)/t11-/m1/s1. The van der Waals surface area contributed by atoms with Crippen LogP contribution in [0.25, 0.3) is 0 Å². The second-order valence-electron chi connectivity index (χ2n) is 5.97. The molecule has 5 heteroatoms. The number of nitrogens with zero attached hydrogens (tertiary/aromatic N) is 1. The summed E-state index contributed by atoms with van der Waals surface area (Å²) in [6.07, 6.45) is 1.82. The fourth-order valence-electron chi connectivity index (χ4n) is 2.11. The minimum absolute atomic E-state index is 0.0303. The average Bonchev–Trinajstić information content (AvgIpc) is 2.35. The van der Waals surface area contributed by atoms with Gasteiger partial charge in [0.2, 0.25) is 11.8 Å². The first-order valence-corrected chi connectivity index (χ1v) is 8.01. The Balaban J connectivity index is 2.45. The van der Waals surface area contributed by atoms with Crippen LogP contribution in [-0.2, 0) is 9.59 Å². The molecule has 1 N–H and O–H groups in total. The van der Waals surface area contributed by atoms with Crippen molar-refractivity contribution in [3.8, 4) is 0 Å². The predicted molar refractivity (Wildman–Crippen MR) is 80.2 cm³/mol. The fraction of sp³-hybridized carbons (Fsp3) is 0.857. The third-order valence-corrected chi connectivity index (χ3v) is 4.38. The smallest absolute Gasteiger partial charge is 0.232 e. The highest BCUT2D eigenvalue weighted by atomic mass is 32.2. The van der Waals surface area contributed by atoms with Gasteiger partial charge in [-0.25, -0.2) is 0 Å². The van der Waals surface area contributed by atoms with Crippen molar-refractivity contribution < 1.29 is 9.59 Å². The Kier molecular flexibility index (Phi) is 6.17. The third kappa shape index (κ3) is 5.85. The maximum atomic E-state index is 12.1. The van der Waals surface area contributed by atoms with E-state index >= 15 is 0 Å². The van der Waals surface area contributed by atoms with Crippen LogP contribution >= 0.6 is 11.8 Å². The summed E-state index contributed by atoms with van der Waals surface area (Å²) in [5.41, 5.74) is 0. The van der Waals surface area contributed by atoms with E-state index in [1.54, 1.807) is 11.8 Å². The SMILES string of the molecule is CCNC(=O)[C@@H]1CCCN(C(=O)CSC(C)(C)C)C1. The Bertz CT molecular complexity index is 326. The molecule has 0 aromatic rings. The zero-order chi connectivity index (χ0) is 14.5. The van der Waals surface area contributed by atoms with Gasteiger partial charge >= 0.3 is 0 Å². The normalized spacial score (nSPS) is 20.2. The van der Waals surface area contributed by atoms with Crippen molar-refractivity contribution in [3.63, 3.8) is 0 Å². The molecule has 0 saturated carbocycles. The molecular weight excluding hydrogens is 260 g/mol. The molecule has 0 aliphatic carbocycles. The van der Waals surface area contributed by atoms with E-state index in [1.807, 2.05) is 11.8 Å². The first kappa shape index (κ1) is 16.3. The second kappa shape index (κ2) is 7.17. The molecule has 0 unspecified atom stereocenters. The number of amides is 2. The molecule has 1 fully saturated rings. The number of rotatable bonds is 4. The van der Waals surface area contributed by atoms with Gasteiger partial charge in [0.25, 0.3) is 0 Å². The molecule has 1 aliphatic rings. The molecule has 2 amide bonds. The summed E-state index contributed by atoms with van der Waals surface area (Å²) < 4.78 is 0.102. The first-order valence-electron chi connectivity index (χ1n) is 7.03. The lowest BCUT2D eigenvalue weighted by Crippen LogP contribution is -2.46. The van der Waals surface area contributed by atoms with Crippen LogP contribution in [0.3, 0.4) is 0 Å². The van der Waals surface area contributed by atoms with Gasteiger partial charge in [0.05, 0.1) is 11.7 Å². The van der Waals surface area contributed by atoms with E-state index in [0.29, 0.717) is 18.8 Å². The summed E-state index contributed by atoms with van der Waals surface area (Å²) in [7, 11) is 0. The van der Waals surface area contributed by atoms with Crippen LogP contribution in [0.4, 0.5) is 0 Å². The fourth-order valence-corrected chi connectivity index (χ4v) is 2.84.